The van der Waals surface area contributed by atoms with Crippen LogP contribution in [0.4, 0.5) is 0 Å². The molecule has 3 heterocycles. The molecule has 1 amide bonds. The van der Waals surface area contributed by atoms with Gasteiger partial charge < -0.3 is 14.4 Å². The molecule has 1 saturated heterocycles. The molecule has 6 nitrogen and oxygen atoms in total. The summed E-state index contributed by atoms with van der Waals surface area (Å²) < 4.78 is 5.28. The van der Waals surface area contributed by atoms with E-state index in [0.717, 1.165) is 42.4 Å². The highest BCUT2D eigenvalue weighted by molar-refractivity contribution is 5.83. The molecule has 1 fully saturated rings. The molecule has 1 aliphatic rings. The Labute approximate surface area is 133 Å². The van der Waals surface area contributed by atoms with Crippen molar-refractivity contribution >= 4 is 16.8 Å². The largest absolute Gasteiger partial charge is 0.361 e. The lowest BCUT2D eigenvalue weighted by molar-refractivity contribution is -0.130. The number of aromatic nitrogens is 3. The quantitative estimate of drug-likeness (QED) is 0.804. The summed E-state index contributed by atoms with van der Waals surface area (Å²) in [5.74, 6) is 1.25. The van der Waals surface area contributed by atoms with Crippen molar-refractivity contribution in [2.75, 3.05) is 13.1 Å². The fraction of sp³-hybridized carbons (Fsp3) is 0.353. The third-order valence-electron chi connectivity index (χ3n) is 4.29. The molecule has 0 aliphatic carbocycles. The molecular weight excluding hydrogens is 292 g/mol. The number of nitrogens with zero attached hydrogens (tertiary/aromatic N) is 3. The number of likely N-dealkylation sites (tertiary alicyclic amines) is 1. The number of carbonyl (C=O) groups is 1. The fourth-order valence-corrected chi connectivity index (χ4v) is 3.00. The van der Waals surface area contributed by atoms with Crippen LogP contribution in [0.5, 0.6) is 0 Å². The molecule has 4 rings (SSSR count). The molecule has 23 heavy (non-hydrogen) atoms. The highest BCUT2D eigenvalue weighted by Gasteiger charge is 2.18. The van der Waals surface area contributed by atoms with Gasteiger partial charge in [0.05, 0.1) is 0 Å². The van der Waals surface area contributed by atoms with Crippen molar-refractivity contribution in [1.29, 1.82) is 0 Å². The molecule has 118 valence electrons. The Kier molecular flexibility index (Phi) is 3.57. The van der Waals surface area contributed by atoms with Crippen molar-refractivity contribution in [3.8, 4) is 11.4 Å². The second-order valence-electron chi connectivity index (χ2n) is 5.88. The van der Waals surface area contributed by atoms with Gasteiger partial charge in [0.25, 0.3) is 0 Å². The van der Waals surface area contributed by atoms with Gasteiger partial charge in [0, 0.05) is 43.2 Å². The first-order valence-electron chi connectivity index (χ1n) is 7.97. The predicted molar refractivity (Wildman–Crippen MR) is 85.7 cm³/mol. The van der Waals surface area contributed by atoms with E-state index in [-0.39, 0.29) is 5.91 Å². The van der Waals surface area contributed by atoms with Crippen molar-refractivity contribution in [3.05, 3.63) is 36.4 Å². The van der Waals surface area contributed by atoms with Gasteiger partial charge >= 0.3 is 0 Å². The van der Waals surface area contributed by atoms with Gasteiger partial charge in [-0.3, -0.25) is 4.79 Å². The van der Waals surface area contributed by atoms with Crippen LogP contribution in [-0.2, 0) is 11.2 Å². The third-order valence-corrected chi connectivity index (χ3v) is 4.29. The summed E-state index contributed by atoms with van der Waals surface area (Å²) >= 11 is 0. The van der Waals surface area contributed by atoms with Gasteiger partial charge in [-0.05, 0) is 30.4 Å². The summed E-state index contributed by atoms with van der Waals surface area (Å²) in [7, 11) is 0. The van der Waals surface area contributed by atoms with E-state index in [0.29, 0.717) is 24.6 Å². The van der Waals surface area contributed by atoms with Crippen molar-refractivity contribution in [2.45, 2.75) is 25.7 Å². The molecule has 2 aromatic heterocycles. The van der Waals surface area contributed by atoms with Crippen molar-refractivity contribution in [1.82, 2.24) is 20.0 Å². The number of nitrogens with one attached hydrogen (secondary N) is 1. The minimum atomic E-state index is 0.176. The number of carbonyl (C=O) groups excluding carboxylic acids is 1. The minimum absolute atomic E-state index is 0.176. The van der Waals surface area contributed by atoms with Gasteiger partial charge in [-0.15, -0.1) is 0 Å². The first-order chi connectivity index (χ1) is 11.3. The Hall–Kier alpha value is -2.63. The average Bonchev–Trinajstić information content (AvgIpc) is 3.32. The van der Waals surface area contributed by atoms with Gasteiger partial charge in [-0.25, -0.2) is 0 Å². The number of amides is 1. The highest BCUT2D eigenvalue weighted by Crippen LogP contribution is 2.22. The maximum Gasteiger partial charge on any atom is 0.227 e. The van der Waals surface area contributed by atoms with Crippen LogP contribution in [0.1, 0.15) is 25.2 Å². The average molecular weight is 310 g/mol. The smallest absolute Gasteiger partial charge is 0.227 e. The molecular formula is C17H18N4O2. The SMILES string of the molecule is O=C(CCc1nc(-c2ccc3cc[nH]c3c2)no1)N1CCCC1. The molecule has 0 bridgehead atoms. The third kappa shape index (κ3) is 2.84. The number of rotatable bonds is 4. The van der Waals surface area contributed by atoms with Gasteiger partial charge in [-0.2, -0.15) is 4.98 Å². The van der Waals surface area contributed by atoms with Crippen molar-refractivity contribution < 1.29 is 9.32 Å². The van der Waals surface area contributed by atoms with E-state index in [1.54, 1.807) is 0 Å². The molecule has 1 aliphatic heterocycles. The van der Waals surface area contributed by atoms with E-state index in [1.165, 1.54) is 0 Å². The van der Waals surface area contributed by atoms with Gasteiger partial charge in [0.2, 0.25) is 17.6 Å². The number of aryl methyl sites for hydroxylation is 1. The lowest BCUT2D eigenvalue weighted by atomic mass is 10.1. The predicted octanol–water partition coefficient (Wildman–Crippen LogP) is 2.77. The van der Waals surface area contributed by atoms with E-state index < -0.39 is 0 Å². The Morgan fingerprint density at radius 1 is 1.26 bits per heavy atom. The molecule has 1 aromatic carbocycles. The summed E-state index contributed by atoms with van der Waals surface area (Å²) in [6.45, 7) is 1.76. The van der Waals surface area contributed by atoms with E-state index in [9.17, 15) is 4.79 Å². The normalized spacial score (nSPS) is 14.7. The van der Waals surface area contributed by atoms with Crippen LogP contribution in [0.15, 0.2) is 35.0 Å². The van der Waals surface area contributed by atoms with Crippen molar-refractivity contribution in [3.63, 3.8) is 0 Å². The summed E-state index contributed by atoms with van der Waals surface area (Å²) in [4.78, 5) is 21.5. The van der Waals surface area contributed by atoms with Crippen LogP contribution in [-0.4, -0.2) is 39.0 Å². The Morgan fingerprint density at radius 3 is 3.00 bits per heavy atom. The number of aromatic amines is 1. The minimum Gasteiger partial charge on any atom is -0.361 e. The standard InChI is InChI=1S/C17H18N4O2/c22-16(21-9-1-2-10-21)6-5-15-19-17(20-23-15)13-4-3-12-7-8-18-14(12)11-13/h3-4,7-8,11,18H,1-2,5-6,9-10H2. The number of benzene rings is 1. The van der Waals surface area contributed by atoms with Crippen LogP contribution in [0.25, 0.3) is 22.3 Å². The highest BCUT2D eigenvalue weighted by atomic mass is 16.5. The summed E-state index contributed by atoms with van der Waals surface area (Å²) in [5.41, 5.74) is 1.94. The number of H-pyrrole nitrogens is 1. The maximum absolute atomic E-state index is 12.0. The zero-order valence-corrected chi connectivity index (χ0v) is 12.8. The van der Waals surface area contributed by atoms with E-state index in [2.05, 4.69) is 15.1 Å². The topological polar surface area (TPSA) is 75.0 Å². The second kappa shape index (κ2) is 5.87. The lowest BCUT2D eigenvalue weighted by Gasteiger charge is -2.13. The van der Waals surface area contributed by atoms with Crippen molar-refractivity contribution in [2.24, 2.45) is 0 Å². The zero-order valence-electron chi connectivity index (χ0n) is 12.8. The molecule has 0 spiro atoms. The first kappa shape index (κ1) is 14.0. The van der Waals surface area contributed by atoms with E-state index >= 15 is 0 Å². The molecule has 1 N–H and O–H groups in total. The summed E-state index contributed by atoms with van der Waals surface area (Å²) in [6.07, 6.45) is 5.04. The van der Waals surface area contributed by atoms with Crippen LogP contribution in [0.2, 0.25) is 0 Å². The second-order valence-corrected chi connectivity index (χ2v) is 5.88. The van der Waals surface area contributed by atoms with Crippen LogP contribution >= 0.6 is 0 Å². The summed E-state index contributed by atoms with van der Waals surface area (Å²) in [5, 5.41) is 5.18. The van der Waals surface area contributed by atoms with Gasteiger partial charge in [-0.1, -0.05) is 17.3 Å². The Morgan fingerprint density at radius 2 is 2.13 bits per heavy atom. The molecule has 0 unspecified atom stereocenters. The molecule has 0 atom stereocenters. The van der Waals surface area contributed by atoms with Crippen LogP contribution in [0, 0.1) is 0 Å². The maximum atomic E-state index is 12.0. The Bertz CT molecular complexity index is 830. The molecule has 0 saturated carbocycles. The van der Waals surface area contributed by atoms with Crippen LogP contribution in [0.3, 0.4) is 0 Å². The number of fused-ring (bicyclic) bond motifs is 1. The van der Waals surface area contributed by atoms with E-state index in [1.807, 2.05) is 35.4 Å². The molecule has 0 radical (unpaired) electrons. The molecule has 6 heteroatoms. The zero-order chi connectivity index (χ0) is 15.6. The number of hydrogen-bond donors (Lipinski definition) is 1. The van der Waals surface area contributed by atoms with E-state index in [4.69, 9.17) is 4.52 Å². The Balaban J connectivity index is 1.44. The van der Waals surface area contributed by atoms with Gasteiger partial charge in [0.1, 0.15) is 0 Å². The number of hydrogen-bond acceptors (Lipinski definition) is 4. The fourth-order valence-electron chi connectivity index (χ4n) is 3.00. The van der Waals surface area contributed by atoms with Gasteiger partial charge in [0.15, 0.2) is 0 Å². The monoisotopic (exact) mass is 310 g/mol. The summed E-state index contributed by atoms with van der Waals surface area (Å²) in [6, 6.07) is 8.01. The van der Waals surface area contributed by atoms with Crippen LogP contribution < -0.4 is 0 Å². The lowest BCUT2D eigenvalue weighted by Crippen LogP contribution is -2.27. The first-order valence-corrected chi connectivity index (χ1v) is 7.97. The molecule has 3 aromatic rings.